The fourth-order valence-corrected chi connectivity index (χ4v) is 0.829. The maximum atomic E-state index is 8.89. The molecule has 10 heteroatoms. The van der Waals surface area contributed by atoms with Crippen LogP contribution < -0.4 is 5.73 Å². The molecule has 0 radical (unpaired) electrons. The number of rotatable bonds is 2. The van der Waals surface area contributed by atoms with Crippen molar-refractivity contribution in [1.29, 1.82) is 0 Å². The number of hydrogen-bond acceptors (Lipinski definition) is 4. The minimum Gasteiger partial charge on any atom is -0.508 e. The Kier molecular flexibility index (Phi) is 13.4. The Morgan fingerprint density at radius 1 is 0.944 bits per heavy atom. The van der Waals surface area contributed by atoms with E-state index in [1.807, 2.05) is 12.1 Å². The van der Waals surface area contributed by atoms with Crippen LogP contribution in [0.4, 0.5) is 0 Å². The molecule has 102 valence electrons. The molecule has 0 unspecified atom stereocenters. The minimum absolute atomic E-state index is 0.306. The van der Waals surface area contributed by atoms with Crippen LogP contribution in [-0.4, -0.2) is 31.2 Å². The SMILES string of the molecule is NCCc1ccc(O)cc1.O=[P+](O)O.O=[P+](O)O. The average molecular weight is 299 g/mol. The highest BCUT2D eigenvalue weighted by Gasteiger charge is 1.93. The predicted molar refractivity (Wildman–Crippen MR) is 65.0 cm³/mol. The van der Waals surface area contributed by atoms with E-state index in [4.69, 9.17) is 39.5 Å². The molecule has 1 aromatic carbocycles. The third-order valence-corrected chi connectivity index (χ3v) is 1.37. The molecular formula is C8H15NO7P2+2. The first kappa shape index (κ1) is 19.4. The van der Waals surface area contributed by atoms with Gasteiger partial charge in [-0.15, -0.1) is 19.6 Å². The summed E-state index contributed by atoms with van der Waals surface area (Å²) in [7, 11) is -5.74. The van der Waals surface area contributed by atoms with E-state index >= 15 is 0 Å². The van der Waals surface area contributed by atoms with Gasteiger partial charge in [-0.3, -0.25) is 0 Å². The van der Waals surface area contributed by atoms with Crippen molar-refractivity contribution in [3.05, 3.63) is 29.8 Å². The topological polar surface area (TPSA) is 161 Å². The molecule has 0 saturated carbocycles. The van der Waals surface area contributed by atoms with Gasteiger partial charge in [0, 0.05) is 9.13 Å². The maximum absolute atomic E-state index is 8.89. The van der Waals surface area contributed by atoms with E-state index in [1.54, 1.807) is 12.1 Å². The lowest BCUT2D eigenvalue weighted by atomic mass is 10.1. The molecule has 0 aromatic heterocycles. The number of benzene rings is 1. The molecular weight excluding hydrogens is 284 g/mol. The molecule has 0 atom stereocenters. The summed E-state index contributed by atoms with van der Waals surface area (Å²) in [4.78, 5) is 28.5. The van der Waals surface area contributed by atoms with Crippen LogP contribution in [0.3, 0.4) is 0 Å². The number of hydrogen-bond donors (Lipinski definition) is 6. The van der Waals surface area contributed by atoms with E-state index in [0.717, 1.165) is 6.42 Å². The van der Waals surface area contributed by atoms with Crippen LogP contribution >= 0.6 is 16.5 Å². The molecule has 0 saturated heterocycles. The van der Waals surface area contributed by atoms with Crippen LogP contribution in [0.25, 0.3) is 0 Å². The predicted octanol–water partition coefficient (Wildman–Crippen LogP) is 0.150. The lowest BCUT2D eigenvalue weighted by Gasteiger charge is -1.96. The zero-order valence-corrected chi connectivity index (χ0v) is 11.0. The second-order valence-electron chi connectivity index (χ2n) is 2.71. The van der Waals surface area contributed by atoms with E-state index in [0.29, 0.717) is 12.3 Å². The van der Waals surface area contributed by atoms with E-state index in [1.165, 1.54) is 5.56 Å². The quantitative estimate of drug-likeness (QED) is 0.420. The zero-order chi connectivity index (χ0) is 14.6. The third kappa shape index (κ3) is 20.4. The van der Waals surface area contributed by atoms with Gasteiger partial charge in [0.2, 0.25) is 0 Å². The molecule has 1 aromatic rings. The zero-order valence-electron chi connectivity index (χ0n) is 9.25. The Morgan fingerprint density at radius 2 is 1.28 bits per heavy atom. The molecule has 0 heterocycles. The molecule has 0 aliphatic rings. The lowest BCUT2D eigenvalue weighted by Crippen LogP contribution is -2.01. The third-order valence-electron chi connectivity index (χ3n) is 1.37. The van der Waals surface area contributed by atoms with Gasteiger partial charge in [0.25, 0.3) is 0 Å². The first-order valence-electron chi connectivity index (χ1n) is 4.47. The van der Waals surface area contributed by atoms with Crippen LogP contribution in [0.1, 0.15) is 5.56 Å². The van der Waals surface area contributed by atoms with Crippen molar-refractivity contribution in [3.8, 4) is 5.75 Å². The summed E-state index contributed by atoms with van der Waals surface area (Å²) in [6.45, 7) is 0.658. The second kappa shape index (κ2) is 12.5. The van der Waals surface area contributed by atoms with Gasteiger partial charge in [0.05, 0.1) is 0 Å². The highest BCUT2D eigenvalue weighted by atomic mass is 31.1. The lowest BCUT2D eigenvalue weighted by molar-refractivity contribution is 0.403. The van der Waals surface area contributed by atoms with Gasteiger partial charge in [-0.1, -0.05) is 12.1 Å². The molecule has 7 N–H and O–H groups in total. The summed E-state index contributed by atoms with van der Waals surface area (Å²) < 4.78 is 17.4. The summed E-state index contributed by atoms with van der Waals surface area (Å²) in [5.74, 6) is 0.306. The summed E-state index contributed by atoms with van der Waals surface area (Å²) in [6, 6.07) is 7.10. The number of phenolic OH excluding ortho intramolecular Hbond substituents is 1. The van der Waals surface area contributed by atoms with Crippen molar-refractivity contribution in [2.45, 2.75) is 6.42 Å². The van der Waals surface area contributed by atoms with E-state index in [9.17, 15) is 0 Å². The largest absolute Gasteiger partial charge is 0.692 e. The highest BCUT2D eigenvalue weighted by Crippen LogP contribution is 2.09. The molecule has 0 bridgehead atoms. The van der Waals surface area contributed by atoms with Crippen LogP contribution in [0.2, 0.25) is 0 Å². The van der Waals surface area contributed by atoms with E-state index in [-0.39, 0.29) is 0 Å². The van der Waals surface area contributed by atoms with Gasteiger partial charge in [-0.05, 0) is 30.7 Å². The number of aromatic hydroxyl groups is 1. The fraction of sp³-hybridized carbons (Fsp3) is 0.250. The molecule has 0 amide bonds. The molecule has 8 nitrogen and oxygen atoms in total. The Morgan fingerprint density at radius 3 is 1.56 bits per heavy atom. The van der Waals surface area contributed by atoms with Gasteiger partial charge >= 0.3 is 16.5 Å². The van der Waals surface area contributed by atoms with Gasteiger partial charge in [-0.25, -0.2) is 0 Å². The highest BCUT2D eigenvalue weighted by molar-refractivity contribution is 7.31. The Balaban J connectivity index is 0. The van der Waals surface area contributed by atoms with Crippen LogP contribution in [0, 0.1) is 0 Å². The standard InChI is InChI=1S/C8H11NO.2HO3P/c9-6-5-7-1-3-8(10)4-2-7;2*1-4(2)3/h1-4,10H,5-6,9H2;2*(H-,1,2,3)/p+2. The van der Waals surface area contributed by atoms with Crippen molar-refractivity contribution in [1.82, 2.24) is 0 Å². The van der Waals surface area contributed by atoms with E-state index < -0.39 is 16.5 Å². The molecule has 0 spiro atoms. The van der Waals surface area contributed by atoms with Gasteiger partial charge < -0.3 is 10.8 Å². The van der Waals surface area contributed by atoms with Crippen molar-refractivity contribution in [2.24, 2.45) is 5.73 Å². The van der Waals surface area contributed by atoms with Crippen molar-refractivity contribution >= 4 is 16.5 Å². The summed E-state index contributed by atoms with van der Waals surface area (Å²) in [5, 5.41) is 8.89. The van der Waals surface area contributed by atoms with Gasteiger partial charge in [-0.2, -0.15) is 0 Å². The van der Waals surface area contributed by atoms with Crippen LogP contribution in [-0.2, 0) is 15.6 Å². The van der Waals surface area contributed by atoms with Crippen LogP contribution in [0.5, 0.6) is 5.75 Å². The minimum atomic E-state index is -2.87. The first-order chi connectivity index (χ1) is 8.29. The Hall–Kier alpha value is -0.980. The molecule has 1 rings (SSSR count). The number of nitrogens with two attached hydrogens (primary N) is 1. The van der Waals surface area contributed by atoms with Crippen molar-refractivity contribution in [3.63, 3.8) is 0 Å². The maximum Gasteiger partial charge on any atom is 0.692 e. The summed E-state index contributed by atoms with van der Waals surface area (Å²) in [5.41, 5.74) is 6.50. The first-order valence-corrected chi connectivity index (χ1v) is 6.80. The fourth-order valence-electron chi connectivity index (χ4n) is 0.829. The molecule has 0 aliphatic heterocycles. The van der Waals surface area contributed by atoms with Crippen molar-refractivity contribution in [2.75, 3.05) is 6.54 Å². The molecule has 0 aliphatic carbocycles. The average Bonchev–Trinajstić information content (AvgIpc) is 2.20. The smallest absolute Gasteiger partial charge is 0.508 e. The summed E-state index contributed by atoms with van der Waals surface area (Å²) >= 11 is 0. The number of phenols is 1. The summed E-state index contributed by atoms with van der Waals surface area (Å²) in [6.07, 6.45) is 0.875. The molecule has 18 heavy (non-hydrogen) atoms. The monoisotopic (exact) mass is 299 g/mol. The molecule has 0 fully saturated rings. The van der Waals surface area contributed by atoms with Crippen LogP contribution in [0.15, 0.2) is 24.3 Å². The van der Waals surface area contributed by atoms with Gasteiger partial charge in [0.15, 0.2) is 0 Å². The Labute approximate surface area is 105 Å². The van der Waals surface area contributed by atoms with E-state index in [2.05, 4.69) is 0 Å². The van der Waals surface area contributed by atoms with Crippen molar-refractivity contribution < 1.29 is 33.8 Å². The normalized spacial score (nSPS) is 8.28. The van der Waals surface area contributed by atoms with Gasteiger partial charge in [0.1, 0.15) is 5.75 Å². The Bertz CT molecular complexity index is 337. The second-order valence-corrected chi connectivity index (χ2v) is 3.72.